The first kappa shape index (κ1) is 18.1. The van der Waals surface area contributed by atoms with Gasteiger partial charge in [-0.3, -0.25) is 9.59 Å². The van der Waals surface area contributed by atoms with Crippen molar-refractivity contribution in [1.82, 2.24) is 0 Å². The SMILES string of the molecule is CC(=O)N(CC(=O)Nc1ccc(Br)cc1C)c1ccc(F)c(F)c1. The fourth-order valence-electron chi connectivity index (χ4n) is 2.14. The van der Waals surface area contributed by atoms with Crippen LogP contribution in [0.2, 0.25) is 0 Å². The number of anilines is 2. The maximum atomic E-state index is 13.4. The molecule has 2 rings (SSSR count). The Bertz CT molecular complexity index is 796. The van der Waals surface area contributed by atoms with E-state index in [-0.39, 0.29) is 12.2 Å². The second-order valence-corrected chi connectivity index (χ2v) is 6.13. The van der Waals surface area contributed by atoms with Crippen molar-refractivity contribution in [3.05, 3.63) is 58.1 Å². The Balaban J connectivity index is 2.16. The molecule has 0 bridgehead atoms. The molecule has 0 aromatic heterocycles. The first-order valence-electron chi connectivity index (χ1n) is 7.07. The number of benzene rings is 2. The lowest BCUT2D eigenvalue weighted by molar-refractivity contribution is -0.120. The summed E-state index contributed by atoms with van der Waals surface area (Å²) in [4.78, 5) is 25.0. The van der Waals surface area contributed by atoms with Crippen LogP contribution in [-0.2, 0) is 9.59 Å². The van der Waals surface area contributed by atoms with Crippen LogP contribution in [0.4, 0.5) is 20.2 Å². The summed E-state index contributed by atoms with van der Waals surface area (Å²) in [7, 11) is 0. The molecule has 0 saturated carbocycles. The standard InChI is InChI=1S/C17H15BrF2N2O2/c1-10-7-12(18)3-6-16(10)21-17(24)9-22(11(2)23)13-4-5-14(19)15(20)8-13/h3-8H,9H2,1-2H3,(H,21,24). The molecule has 126 valence electrons. The molecular formula is C17H15BrF2N2O2. The molecule has 0 atom stereocenters. The average Bonchev–Trinajstić information content (AvgIpc) is 2.50. The van der Waals surface area contributed by atoms with Gasteiger partial charge in [0.2, 0.25) is 11.8 Å². The molecule has 0 aliphatic rings. The Morgan fingerprint density at radius 3 is 2.42 bits per heavy atom. The van der Waals surface area contributed by atoms with Crippen LogP contribution >= 0.6 is 15.9 Å². The fraction of sp³-hybridized carbons (Fsp3) is 0.176. The summed E-state index contributed by atoms with van der Waals surface area (Å²) >= 11 is 3.33. The summed E-state index contributed by atoms with van der Waals surface area (Å²) < 4.78 is 27.3. The zero-order valence-electron chi connectivity index (χ0n) is 13.1. The predicted molar refractivity (Wildman–Crippen MR) is 91.9 cm³/mol. The fourth-order valence-corrected chi connectivity index (χ4v) is 2.61. The summed E-state index contributed by atoms with van der Waals surface area (Å²) in [5.74, 6) is -3.00. The molecule has 0 spiro atoms. The van der Waals surface area contributed by atoms with E-state index in [1.165, 1.54) is 13.0 Å². The molecule has 0 saturated heterocycles. The van der Waals surface area contributed by atoms with Crippen molar-refractivity contribution in [2.75, 3.05) is 16.8 Å². The van der Waals surface area contributed by atoms with Gasteiger partial charge in [-0.2, -0.15) is 0 Å². The Hall–Kier alpha value is -2.28. The number of nitrogens with one attached hydrogen (secondary N) is 1. The van der Waals surface area contributed by atoms with E-state index in [1.807, 2.05) is 13.0 Å². The van der Waals surface area contributed by atoms with Crippen molar-refractivity contribution in [1.29, 1.82) is 0 Å². The minimum Gasteiger partial charge on any atom is -0.324 e. The molecule has 0 aliphatic heterocycles. The lowest BCUT2D eigenvalue weighted by Crippen LogP contribution is -2.36. The Morgan fingerprint density at radius 2 is 1.83 bits per heavy atom. The van der Waals surface area contributed by atoms with E-state index >= 15 is 0 Å². The molecule has 4 nitrogen and oxygen atoms in total. The third-order valence-electron chi connectivity index (χ3n) is 3.36. The van der Waals surface area contributed by atoms with Crippen molar-refractivity contribution < 1.29 is 18.4 Å². The summed E-state index contributed by atoms with van der Waals surface area (Å²) in [6.45, 7) is 2.77. The van der Waals surface area contributed by atoms with Gasteiger partial charge in [0.1, 0.15) is 6.54 Å². The van der Waals surface area contributed by atoms with E-state index in [9.17, 15) is 18.4 Å². The van der Waals surface area contributed by atoms with Crippen LogP contribution in [-0.4, -0.2) is 18.4 Å². The van der Waals surface area contributed by atoms with Crippen molar-refractivity contribution >= 4 is 39.1 Å². The van der Waals surface area contributed by atoms with Gasteiger partial charge in [0, 0.05) is 28.8 Å². The number of rotatable bonds is 4. The predicted octanol–water partition coefficient (Wildman–Crippen LogP) is 4.03. The van der Waals surface area contributed by atoms with E-state index in [1.54, 1.807) is 12.1 Å². The number of nitrogens with zero attached hydrogens (tertiary/aromatic N) is 1. The van der Waals surface area contributed by atoms with Gasteiger partial charge in [-0.1, -0.05) is 15.9 Å². The summed E-state index contributed by atoms with van der Waals surface area (Å²) in [5, 5.41) is 2.70. The minimum atomic E-state index is -1.08. The summed E-state index contributed by atoms with van der Waals surface area (Å²) in [6, 6.07) is 8.39. The van der Waals surface area contributed by atoms with Crippen LogP contribution in [0.1, 0.15) is 12.5 Å². The van der Waals surface area contributed by atoms with Crippen LogP contribution in [0.3, 0.4) is 0 Å². The van der Waals surface area contributed by atoms with Gasteiger partial charge in [-0.25, -0.2) is 8.78 Å². The van der Waals surface area contributed by atoms with Crippen molar-refractivity contribution in [3.63, 3.8) is 0 Å². The van der Waals surface area contributed by atoms with Crippen LogP contribution < -0.4 is 10.2 Å². The van der Waals surface area contributed by atoms with Crippen LogP contribution in [0.25, 0.3) is 0 Å². The van der Waals surface area contributed by atoms with Crippen LogP contribution in [0.15, 0.2) is 40.9 Å². The van der Waals surface area contributed by atoms with E-state index < -0.39 is 23.4 Å². The summed E-state index contributed by atoms with van der Waals surface area (Å²) in [5.41, 5.74) is 1.57. The highest BCUT2D eigenvalue weighted by molar-refractivity contribution is 9.10. The Labute approximate surface area is 146 Å². The third-order valence-corrected chi connectivity index (χ3v) is 3.85. The number of carbonyl (C=O) groups excluding carboxylic acids is 2. The maximum absolute atomic E-state index is 13.4. The minimum absolute atomic E-state index is 0.115. The van der Waals surface area contributed by atoms with Gasteiger partial charge < -0.3 is 10.2 Å². The average molecular weight is 397 g/mol. The van der Waals surface area contributed by atoms with E-state index in [0.717, 1.165) is 27.1 Å². The highest BCUT2D eigenvalue weighted by Crippen LogP contribution is 2.21. The molecule has 0 radical (unpaired) electrons. The van der Waals surface area contributed by atoms with Gasteiger partial charge in [0.25, 0.3) is 0 Å². The van der Waals surface area contributed by atoms with E-state index in [4.69, 9.17) is 0 Å². The van der Waals surface area contributed by atoms with E-state index in [0.29, 0.717) is 5.69 Å². The molecule has 2 aromatic rings. The molecule has 2 aromatic carbocycles. The quantitative estimate of drug-likeness (QED) is 0.847. The monoisotopic (exact) mass is 396 g/mol. The molecule has 24 heavy (non-hydrogen) atoms. The Kier molecular flexibility index (Phi) is 5.66. The smallest absolute Gasteiger partial charge is 0.244 e. The van der Waals surface area contributed by atoms with Gasteiger partial charge in [-0.15, -0.1) is 0 Å². The van der Waals surface area contributed by atoms with Gasteiger partial charge in [0.05, 0.1) is 0 Å². The van der Waals surface area contributed by atoms with Gasteiger partial charge in [0.15, 0.2) is 11.6 Å². The number of amides is 2. The van der Waals surface area contributed by atoms with Gasteiger partial charge in [-0.05, 0) is 42.8 Å². The molecule has 0 heterocycles. The number of halogens is 3. The number of hydrogen-bond donors (Lipinski definition) is 1. The largest absolute Gasteiger partial charge is 0.324 e. The first-order chi connectivity index (χ1) is 11.3. The van der Waals surface area contributed by atoms with E-state index in [2.05, 4.69) is 21.2 Å². The summed E-state index contributed by atoms with van der Waals surface area (Å²) in [6.07, 6.45) is 0. The highest BCUT2D eigenvalue weighted by atomic mass is 79.9. The second-order valence-electron chi connectivity index (χ2n) is 5.21. The number of carbonyl (C=O) groups is 2. The Morgan fingerprint density at radius 1 is 1.12 bits per heavy atom. The van der Waals surface area contributed by atoms with Crippen molar-refractivity contribution in [3.8, 4) is 0 Å². The topological polar surface area (TPSA) is 49.4 Å². The molecule has 0 fully saturated rings. The van der Waals surface area contributed by atoms with Crippen molar-refractivity contribution in [2.45, 2.75) is 13.8 Å². The highest BCUT2D eigenvalue weighted by Gasteiger charge is 2.18. The zero-order valence-corrected chi connectivity index (χ0v) is 14.7. The third kappa shape index (κ3) is 4.38. The van der Waals surface area contributed by atoms with Crippen LogP contribution in [0, 0.1) is 18.6 Å². The van der Waals surface area contributed by atoms with Crippen LogP contribution in [0.5, 0.6) is 0 Å². The molecule has 2 amide bonds. The molecule has 1 N–H and O–H groups in total. The normalized spacial score (nSPS) is 10.4. The molecule has 0 unspecified atom stereocenters. The molecule has 0 aliphatic carbocycles. The maximum Gasteiger partial charge on any atom is 0.244 e. The molecular weight excluding hydrogens is 382 g/mol. The number of hydrogen-bond acceptors (Lipinski definition) is 2. The lowest BCUT2D eigenvalue weighted by Gasteiger charge is -2.21. The second kappa shape index (κ2) is 7.53. The first-order valence-corrected chi connectivity index (χ1v) is 7.86. The lowest BCUT2D eigenvalue weighted by atomic mass is 10.2. The molecule has 7 heteroatoms. The van der Waals surface area contributed by atoms with Crippen molar-refractivity contribution in [2.24, 2.45) is 0 Å². The number of aryl methyl sites for hydroxylation is 1. The van der Waals surface area contributed by atoms with Gasteiger partial charge >= 0.3 is 0 Å². The zero-order chi connectivity index (χ0) is 17.9.